The van der Waals surface area contributed by atoms with Crippen LogP contribution < -0.4 is 5.32 Å². The predicted molar refractivity (Wildman–Crippen MR) is 126 cm³/mol. The van der Waals surface area contributed by atoms with Crippen LogP contribution in [-0.4, -0.2) is 41.0 Å². The third kappa shape index (κ3) is 4.27. The number of hydrogen-bond donors (Lipinski definition) is 2. The van der Waals surface area contributed by atoms with Crippen LogP contribution >= 0.6 is 11.3 Å². The van der Waals surface area contributed by atoms with Crippen molar-refractivity contribution in [2.75, 3.05) is 19.4 Å². The van der Waals surface area contributed by atoms with Crippen molar-refractivity contribution < 1.29 is 9.59 Å². The number of hydrogen-bond acceptors (Lipinski definition) is 4. The number of aryl methyl sites for hydroxylation is 1. The molecule has 6 nitrogen and oxygen atoms in total. The number of nitrogens with zero attached hydrogens (tertiary/aromatic N) is 2. The van der Waals surface area contributed by atoms with E-state index < -0.39 is 0 Å². The molecule has 0 aliphatic carbocycles. The summed E-state index contributed by atoms with van der Waals surface area (Å²) in [5.41, 5.74) is 4.53. The van der Waals surface area contributed by atoms with Crippen LogP contribution in [0, 0.1) is 6.92 Å². The number of rotatable bonds is 5. The van der Waals surface area contributed by atoms with Crippen molar-refractivity contribution in [1.29, 1.82) is 0 Å². The SMILES string of the molecule is Cc1ccsc1C(=O)Nc1cc(C(=O)N(C)C)ccc1C=Cc1n[nH]c2ccccc12. The lowest BCUT2D eigenvalue weighted by molar-refractivity contribution is 0.0827. The second-order valence-corrected chi connectivity index (χ2v) is 8.29. The Labute approximate surface area is 184 Å². The lowest BCUT2D eigenvalue weighted by Crippen LogP contribution is -2.22. The molecule has 4 aromatic rings. The van der Waals surface area contributed by atoms with Crippen molar-refractivity contribution in [2.24, 2.45) is 0 Å². The summed E-state index contributed by atoms with van der Waals surface area (Å²) in [6.45, 7) is 1.90. The van der Waals surface area contributed by atoms with Crippen LogP contribution in [0.4, 0.5) is 5.69 Å². The van der Waals surface area contributed by atoms with Crippen LogP contribution in [0.2, 0.25) is 0 Å². The van der Waals surface area contributed by atoms with Gasteiger partial charge in [-0.05, 0) is 53.8 Å². The van der Waals surface area contributed by atoms with E-state index in [1.165, 1.54) is 16.2 Å². The van der Waals surface area contributed by atoms with Gasteiger partial charge in [-0.1, -0.05) is 30.3 Å². The minimum atomic E-state index is -0.193. The van der Waals surface area contributed by atoms with Gasteiger partial charge >= 0.3 is 0 Å². The first-order valence-corrected chi connectivity index (χ1v) is 10.6. The summed E-state index contributed by atoms with van der Waals surface area (Å²) in [6, 6.07) is 15.1. The zero-order chi connectivity index (χ0) is 22.0. The van der Waals surface area contributed by atoms with Gasteiger partial charge in [-0.3, -0.25) is 14.7 Å². The molecule has 0 bridgehead atoms. The Morgan fingerprint density at radius 3 is 2.65 bits per heavy atom. The Bertz CT molecular complexity index is 1300. The molecule has 2 aromatic heterocycles. The average Bonchev–Trinajstić information content (AvgIpc) is 3.38. The standard InChI is InChI=1S/C24H22N4O2S/c1-15-12-13-31-22(15)23(29)25-21-14-17(24(30)28(2)3)9-8-16(21)10-11-20-18-6-4-5-7-19(18)26-27-20/h4-14H,1-3H3,(H,25,29)(H,26,27). The summed E-state index contributed by atoms with van der Waals surface area (Å²) >= 11 is 1.39. The van der Waals surface area contributed by atoms with Crippen LogP contribution in [-0.2, 0) is 0 Å². The third-order valence-electron chi connectivity index (χ3n) is 4.94. The topological polar surface area (TPSA) is 78.1 Å². The lowest BCUT2D eigenvalue weighted by atomic mass is 10.1. The largest absolute Gasteiger partial charge is 0.345 e. The number of carbonyl (C=O) groups excluding carboxylic acids is 2. The molecule has 2 aromatic carbocycles. The minimum Gasteiger partial charge on any atom is -0.345 e. The first-order chi connectivity index (χ1) is 14.9. The molecule has 2 amide bonds. The van der Waals surface area contributed by atoms with Crippen LogP contribution in [0.5, 0.6) is 0 Å². The minimum absolute atomic E-state index is 0.128. The number of anilines is 1. The van der Waals surface area contributed by atoms with E-state index in [4.69, 9.17) is 0 Å². The normalized spacial score (nSPS) is 11.2. The Morgan fingerprint density at radius 1 is 1.10 bits per heavy atom. The fraction of sp³-hybridized carbons (Fsp3) is 0.125. The Morgan fingerprint density at radius 2 is 1.90 bits per heavy atom. The maximum Gasteiger partial charge on any atom is 0.266 e. The summed E-state index contributed by atoms with van der Waals surface area (Å²) in [4.78, 5) is 27.4. The highest BCUT2D eigenvalue weighted by Gasteiger charge is 2.15. The molecule has 0 unspecified atom stereocenters. The number of benzene rings is 2. The molecule has 0 spiro atoms. The first kappa shape index (κ1) is 20.6. The number of para-hydroxylation sites is 1. The lowest BCUT2D eigenvalue weighted by Gasteiger charge is -2.14. The molecule has 0 aliphatic heterocycles. The number of fused-ring (bicyclic) bond motifs is 1. The molecular formula is C24H22N4O2S. The summed E-state index contributed by atoms with van der Waals surface area (Å²) in [5.74, 6) is -0.321. The Hall–Kier alpha value is -3.71. The molecule has 0 saturated carbocycles. The average molecular weight is 431 g/mol. The van der Waals surface area contributed by atoms with Gasteiger partial charge in [0, 0.05) is 30.7 Å². The van der Waals surface area contributed by atoms with Gasteiger partial charge in [0.25, 0.3) is 11.8 Å². The smallest absolute Gasteiger partial charge is 0.266 e. The molecule has 31 heavy (non-hydrogen) atoms. The number of thiophene rings is 1. The van der Waals surface area contributed by atoms with E-state index >= 15 is 0 Å². The van der Waals surface area contributed by atoms with E-state index in [1.54, 1.807) is 26.2 Å². The number of aromatic amines is 1. The number of nitrogens with one attached hydrogen (secondary N) is 2. The van der Waals surface area contributed by atoms with Gasteiger partial charge in [0.05, 0.1) is 16.1 Å². The van der Waals surface area contributed by atoms with Crippen molar-refractivity contribution in [3.8, 4) is 0 Å². The molecule has 2 heterocycles. The number of amides is 2. The van der Waals surface area contributed by atoms with Gasteiger partial charge < -0.3 is 10.2 Å². The maximum atomic E-state index is 12.8. The molecule has 4 rings (SSSR count). The van der Waals surface area contributed by atoms with Crippen LogP contribution in [0.1, 0.15) is 36.9 Å². The predicted octanol–water partition coefficient (Wildman–Crippen LogP) is 5.06. The molecular weight excluding hydrogens is 408 g/mol. The quantitative estimate of drug-likeness (QED) is 0.465. The van der Waals surface area contributed by atoms with E-state index in [9.17, 15) is 9.59 Å². The molecule has 2 N–H and O–H groups in total. The van der Waals surface area contributed by atoms with E-state index in [0.717, 1.165) is 27.7 Å². The molecule has 0 atom stereocenters. The first-order valence-electron chi connectivity index (χ1n) is 9.76. The fourth-order valence-electron chi connectivity index (χ4n) is 3.27. The zero-order valence-corrected chi connectivity index (χ0v) is 18.3. The van der Waals surface area contributed by atoms with Gasteiger partial charge in [-0.15, -0.1) is 11.3 Å². The molecule has 7 heteroatoms. The summed E-state index contributed by atoms with van der Waals surface area (Å²) in [7, 11) is 3.40. The number of aromatic nitrogens is 2. The third-order valence-corrected chi connectivity index (χ3v) is 5.96. The second kappa shape index (κ2) is 8.57. The molecule has 0 fully saturated rings. The van der Waals surface area contributed by atoms with Crippen molar-refractivity contribution in [3.05, 3.63) is 81.2 Å². The highest BCUT2D eigenvalue weighted by Crippen LogP contribution is 2.25. The van der Waals surface area contributed by atoms with Crippen molar-refractivity contribution >= 4 is 51.9 Å². The Kier molecular flexibility index (Phi) is 5.68. The van der Waals surface area contributed by atoms with Crippen LogP contribution in [0.3, 0.4) is 0 Å². The highest BCUT2D eigenvalue weighted by atomic mass is 32.1. The van der Waals surface area contributed by atoms with Crippen LogP contribution in [0.25, 0.3) is 23.1 Å². The van der Waals surface area contributed by atoms with Gasteiger partial charge in [0.15, 0.2) is 0 Å². The van der Waals surface area contributed by atoms with E-state index in [-0.39, 0.29) is 11.8 Å². The van der Waals surface area contributed by atoms with Crippen molar-refractivity contribution in [1.82, 2.24) is 15.1 Å². The number of H-pyrrole nitrogens is 1. The van der Waals surface area contributed by atoms with Crippen LogP contribution in [0.15, 0.2) is 53.9 Å². The Balaban J connectivity index is 1.71. The van der Waals surface area contributed by atoms with Gasteiger partial charge in [-0.2, -0.15) is 5.10 Å². The second-order valence-electron chi connectivity index (χ2n) is 7.38. The summed E-state index contributed by atoms with van der Waals surface area (Å²) in [5, 5.41) is 13.3. The van der Waals surface area contributed by atoms with Crippen molar-refractivity contribution in [2.45, 2.75) is 6.92 Å². The van der Waals surface area contributed by atoms with E-state index in [2.05, 4.69) is 15.5 Å². The zero-order valence-electron chi connectivity index (χ0n) is 17.5. The summed E-state index contributed by atoms with van der Waals surface area (Å²) in [6.07, 6.45) is 3.79. The van der Waals surface area contributed by atoms with Gasteiger partial charge in [0.2, 0.25) is 0 Å². The number of carbonyl (C=O) groups is 2. The molecule has 156 valence electrons. The van der Waals surface area contributed by atoms with Gasteiger partial charge in [-0.25, -0.2) is 0 Å². The van der Waals surface area contributed by atoms with E-state index in [1.807, 2.05) is 60.9 Å². The maximum absolute atomic E-state index is 12.8. The van der Waals surface area contributed by atoms with Gasteiger partial charge in [0.1, 0.15) is 0 Å². The summed E-state index contributed by atoms with van der Waals surface area (Å²) < 4.78 is 0. The molecule has 0 radical (unpaired) electrons. The van der Waals surface area contributed by atoms with E-state index in [0.29, 0.717) is 16.1 Å². The molecule has 0 saturated heterocycles. The molecule has 0 aliphatic rings. The fourth-order valence-corrected chi connectivity index (χ4v) is 4.09. The van der Waals surface area contributed by atoms with Crippen molar-refractivity contribution in [3.63, 3.8) is 0 Å². The monoisotopic (exact) mass is 430 g/mol. The highest BCUT2D eigenvalue weighted by molar-refractivity contribution is 7.12.